The Hall–Kier alpha value is -2.87. The lowest BCUT2D eigenvalue weighted by molar-refractivity contribution is -0.123. The fourth-order valence-corrected chi connectivity index (χ4v) is 2.38. The number of carbonyl (C=O) groups excluding carboxylic acids is 2. The molecule has 0 aliphatic heterocycles. The normalized spacial score (nSPS) is 10.4. The third-order valence-electron chi connectivity index (χ3n) is 3.23. The quantitative estimate of drug-likeness (QED) is 0.422. The number of rotatable bonds is 7. The Morgan fingerprint density at radius 3 is 2.50 bits per heavy atom. The molecular weight excluding hydrogens is 404 g/mol. The maximum absolute atomic E-state index is 11.8. The first-order valence-corrected chi connectivity index (χ1v) is 8.29. The maximum atomic E-state index is 11.8. The molecular formula is C18H17BrN2O5. The number of benzene rings is 2. The Morgan fingerprint density at radius 1 is 1.15 bits per heavy atom. The van der Waals surface area contributed by atoms with E-state index in [0.717, 1.165) is 5.56 Å². The maximum Gasteiger partial charge on any atom is 0.337 e. The molecule has 1 amide bonds. The number of nitrogens with one attached hydrogen (secondary N) is 1. The van der Waals surface area contributed by atoms with Crippen molar-refractivity contribution in [2.24, 2.45) is 5.10 Å². The third kappa shape index (κ3) is 5.59. The average Bonchev–Trinajstić information content (AvgIpc) is 2.66. The van der Waals surface area contributed by atoms with Crippen LogP contribution >= 0.6 is 15.9 Å². The van der Waals surface area contributed by atoms with Crippen LogP contribution in [-0.4, -0.2) is 38.9 Å². The number of ether oxygens (including phenoxy) is 3. The zero-order valence-electron chi connectivity index (χ0n) is 14.2. The minimum atomic E-state index is -0.413. The second-order valence-electron chi connectivity index (χ2n) is 4.99. The molecule has 7 nitrogen and oxygen atoms in total. The van der Waals surface area contributed by atoms with Crippen molar-refractivity contribution in [1.29, 1.82) is 0 Å². The van der Waals surface area contributed by atoms with Crippen molar-refractivity contribution in [3.63, 3.8) is 0 Å². The predicted molar refractivity (Wildman–Crippen MR) is 99.7 cm³/mol. The monoisotopic (exact) mass is 420 g/mol. The van der Waals surface area contributed by atoms with Gasteiger partial charge in [0.2, 0.25) is 0 Å². The molecule has 0 fully saturated rings. The number of hydrogen-bond acceptors (Lipinski definition) is 6. The minimum Gasteiger partial charge on any atom is -0.497 e. The van der Waals surface area contributed by atoms with E-state index in [2.05, 4.69) is 31.2 Å². The Morgan fingerprint density at radius 2 is 1.88 bits per heavy atom. The Kier molecular flexibility index (Phi) is 7.16. The van der Waals surface area contributed by atoms with Crippen LogP contribution in [0.25, 0.3) is 0 Å². The number of methoxy groups -OCH3 is 2. The molecule has 0 unspecified atom stereocenters. The van der Waals surface area contributed by atoms with Gasteiger partial charge in [-0.1, -0.05) is 12.1 Å². The SMILES string of the molecule is COC(=O)c1ccc(C=NNC(=O)COc2ccc(OC)cc2Br)cc1. The van der Waals surface area contributed by atoms with Gasteiger partial charge in [-0.15, -0.1) is 0 Å². The highest BCUT2D eigenvalue weighted by atomic mass is 79.9. The van der Waals surface area contributed by atoms with Crippen LogP contribution in [-0.2, 0) is 9.53 Å². The van der Waals surface area contributed by atoms with E-state index < -0.39 is 11.9 Å². The molecule has 0 bridgehead atoms. The summed E-state index contributed by atoms with van der Waals surface area (Å²) in [5.74, 6) is 0.374. The molecule has 0 atom stereocenters. The summed E-state index contributed by atoms with van der Waals surface area (Å²) >= 11 is 3.34. The van der Waals surface area contributed by atoms with Crippen LogP contribution < -0.4 is 14.9 Å². The number of hydrogen-bond donors (Lipinski definition) is 1. The van der Waals surface area contributed by atoms with Gasteiger partial charge in [-0.25, -0.2) is 10.2 Å². The summed E-state index contributed by atoms with van der Waals surface area (Å²) in [7, 11) is 2.89. The van der Waals surface area contributed by atoms with Gasteiger partial charge in [0.15, 0.2) is 6.61 Å². The van der Waals surface area contributed by atoms with Crippen molar-refractivity contribution >= 4 is 34.0 Å². The predicted octanol–water partition coefficient (Wildman–Crippen LogP) is 2.77. The van der Waals surface area contributed by atoms with E-state index in [0.29, 0.717) is 21.5 Å². The first-order chi connectivity index (χ1) is 12.5. The molecule has 0 saturated heterocycles. The van der Waals surface area contributed by atoms with Gasteiger partial charge in [0, 0.05) is 0 Å². The second kappa shape index (κ2) is 9.57. The van der Waals surface area contributed by atoms with Gasteiger partial charge in [-0.3, -0.25) is 4.79 Å². The first-order valence-electron chi connectivity index (χ1n) is 7.50. The molecule has 0 aromatic heterocycles. The Labute approximate surface area is 159 Å². The summed E-state index contributed by atoms with van der Waals surface area (Å²) in [6.45, 7) is -0.191. The fourth-order valence-electron chi connectivity index (χ4n) is 1.90. The highest BCUT2D eigenvalue weighted by Crippen LogP contribution is 2.28. The molecule has 0 heterocycles. The molecule has 1 N–H and O–H groups in total. The second-order valence-corrected chi connectivity index (χ2v) is 5.85. The van der Waals surface area contributed by atoms with Crippen molar-refractivity contribution in [3.8, 4) is 11.5 Å². The van der Waals surface area contributed by atoms with Gasteiger partial charge < -0.3 is 14.2 Å². The largest absolute Gasteiger partial charge is 0.497 e. The zero-order chi connectivity index (χ0) is 18.9. The smallest absolute Gasteiger partial charge is 0.337 e. The number of nitrogens with zero attached hydrogens (tertiary/aromatic N) is 1. The summed E-state index contributed by atoms with van der Waals surface area (Å²) in [5, 5.41) is 3.85. The third-order valence-corrected chi connectivity index (χ3v) is 3.85. The lowest BCUT2D eigenvalue weighted by Gasteiger charge is -2.08. The molecule has 2 aromatic carbocycles. The molecule has 2 rings (SSSR count). The van der Waals surface area contributed by atoms with Crippen molar-refractivity contribution in [2.45, 2.75) is 0 Å². The van der Waals surface area contributed by atoms with Crippen LogP contribution in [0.1, 0.15) is 15.9 Å². The highest BCUT2D eigenvalue weighted by Gasteiger charge is 2.06. The van der Waals surface area contributed by atoms with Gasteiger partial charge in [0.05, 0.1) is 30.5 Å². The Balaban J connectivity index is 1.83. The van der Waals surface area contributed by atoms with Crippen molar-refractivity contribution in [1.82, 2.24) is 5.43 Å². The lowest BCUT2D eigenvalue weighted by Crippen LogP contribution is -2.24. The van der Waals surface area contributed by atoms with E-state index >= 15 is 0 Å². The first kappa shape index (κ1) is 19.5. The number of amides is 1. The fraction of sp³-hybridized carbons (Fsp3) is 0.167. The lowest BCUT2D eigenvalue weighted by atomic mass is 10.1. The number of halogens is 1. The van der Waals surface area contributed by atoms with Crippen LogP contribution in [0.5, 0.6) is 11.5 Å². The highest BCUT2D eigenvalue weighted by molar-refractivity contribution is 9.10. The van der Waals surface area contributed by atoms with E-state index in [1.165, 1.54) is 13.3 Å². The summed E-state index contributed by atoms with van der Waals surface area (Å²) in [5.41, 5.74) is 3.52. The van der Waals surface area contributed by atoms with Gasteiger partial charge in [0.1, 0.15) is 11.5 Å². The molecule has 8 heteroatoms. The molecule has 136 valence electrons. The number of carbonyl (C=O) groups is 2. The van der Waals surface area contributed by atoms with E-state index in [4.69, 9.17) is 9.47 Å². The molecule has 2 aromatic rings. The summed E-state index contributed by atoms with van der Waals surface area (Å²) in [4.78, 5) is 23.1. The van der Waals surface area contributed by atoms with Crippen LogP contribution in [0.4, 0.5) is 0 Å². The van der Waals surface area contributed by atoms with E-state index in [1.54, 1.807) is 49.6 Å². The molecule has 0 aliphatic carbocycles. The van der Waals surface area contributed by atoms with Crippen LogP contribution in [0, 0.1) is 0 Å². The van der Waals surface area contributed by atoms with Gasteiger partial charge >= 0.3 is 5.97 Å². The van der Waals surface area contributed by atoms with Gasteiger partial charge in [-0.05, 0) is 51.8 Å². The van der Waals surface area contributed by atoms with Crippen molar-refractivity contribution < 1.29 is 23.8 Å². The molecule has 0 spiro atoms. The average molecular weight is 421 g/mol. The van der Waals surface area contributed by atoms with Gasteiger partial charge in [0.25, 0.3) is 5.91 Å². The molecule has 0 saturated carbocycles. The zero-order valence-corrected chi connectivity index (χ0v) is 15.8. The van der Waals surface area contributed by atoms with E-state index in [9.17, 15) is 9.59 Å². The minimum absolute atomic E-state index is 0.191. The number of hydrazone groups is 1. The molecule has 0 aliphatic rings. The summed E-state index contributed by atoms with van der Waals surface area (Å²) in [6, 6.07) is 11.8. The molecule has 0 radical (unpaired) electrons. The summed E-state index contributed by atoms with van der Waals surface area (Å²) < 4.78 is 15.8. The topological polar surface area (TPSA) is 86.2 Å². The van der Waals surface area contributed by atoms with Crippen molar-refractivity contribution in [2.75, 3.05) is 20.8 Å². The number of esters is 1. The van der Waals surface area contributed by atoms with Crippen molar-refractivity contribution in [3.05, 3.63) is 58.1 Å². The van der Waals surface area contributed by atoms with E-state index in [1.807, 2.05) is 0 Å². The Bertz CT molecular complexity index is 806. The standard InChI is InChI=1S/C18H17BrN2O5/c1-24-14-7-8-16(15(19)9-14)26-11-17(22)21-20-10-12-3-5-13(6-4-12)18(23)25-2/h3-10H,11H2,1-2H3,(H,21,22). The van der Waals surface area contributed by atoms with Crippen LogP contribution in [0.3, 0.4) is 0 Å². The van der Waals surface area contributed by atoms with Gasteiger partial charge in [-0.2, -0.15) is 5.10 Å². The van der Waals surface area contributed by atoms with E-state index in [-0.39, 0.29) is 6.61 Å². The molecule has 26 heavy (non-hydrogen) atoms. The summed E-state index contributed by atoms with van der Waals surface area (Å²) in [6.07, 6.45) is 1.46. The van der Waals surface area contributed by atoms with Crippen LogP contribution in [0.2, 0.25) is 0 Å². The van der Waals surface area contributed by atoms with Crippen LogP contribution in [0.15, 0.2) is 52.0 Å².